The van der Waals surface area contributed by atoms with Crippen molar-refractivity contribution in [1.82, 2.24) is 0 Å². The number of phosphoric acid groups is 1. The molecular formula is C18H27INO9P. The number of quaternary nitrogens is 1. The Balaban J connectivity index is 2.53. The lowest BCUT2D eigenvalue weighted by molar-refractivity contribution is -0.870. The minimum atomic E-state index is -4.70. The predicted molar refractivity (Wildman–Crippen MR) is 114 cm³/mol. The van der Waals surface area contributed by atoms with E-state index < -0.39 is 39.1 Å². The molecule has 30 heavy (non-hydrogen) atoms. The number of hydrogen-bond acceptors (Lipinski definition) is 9. The summed E-state index contributed by atoms with van der Waals surface area (Å²) >= 11 is 2.14. The monoisotopic (exact) mass is 559 g/mol. The molecule has 0 heterocycles. The second-order valence-corrected chi connectivity index (χ2v) is 9.86. The van der Waals surface area contributed by atoms with Gasteiger partial charge in [-0.1, -0.05) is 0 Å². The van der Waals surface area contributed by atoms with Crippen molar-refractivity contribution in [2.24, 2.45) is 0 Å². The lowest BCUT2D eigenvalue weighted by atomic mass is 10.3. The molecule has 0 saturated carbocycles. The maximum absolute atomic E-state index is 12.0. The first-order chi connectivity index (χ1) is 13.9. The van der Waals surface area contributed by atoms with Gasteiger partial charge < -0.3 is 32.6 Å². The van der Waals surface area contributed by atoms with E-state index in [0.29, 0.717) is 16.8 Å². The second-order valence-electron chi connectivity index (χ2n) is 7.25. The number of phosphoric ester groups is 1. The Labute approximate surface area is 189 Å². The number of hydrogen-bond donors (Lipinski definition) is 0. The Hall–Kier alpha value is -1.24. The van der Waals surface area contributed by atoms with E-state index in [9.17, 15) is 19.0 Å². The van der Waals surface area contributed by atoms with E-state index in [-0.39, 0.29) is 13.2 Å². The molecule has 1 aromatic carbocycles. The van der Waals surface area contributed by atoms with Gasteiger partial charge in [-0.15, -0.1) is 0 Å². The van der Waals surface area contributed by atoms with Gasteiger partial charge in [-0.05, 0) is 46.9 Å². The third-order valence-electron chi connectivity index (χ3n) is 3.36. The Kier molecular flexibility index (Phi) is 11.2. The van der Waals surface area contributed by atoms with E-state index >= 15 is 0 Å². The number of esters is 2. The first kappa shape index (κ1) is 26.8. The molecule has 0 aliphatic heterocycles. The van der Waals surface area contributed by atoms with Crippen LogP contribution >= 0.6 is 30.4 Å². The van der Waals surface area contributed by atoms with Crippen LogP contribution in [0.2, 0.25) is 0 Å². The number of carbonyl (C=O) groups excluding carboxylic acids is 2. The quantitative estimate of drug-likeness (QED) is 0.153. The van der Waals surface area contributed by atoms with Gasteiger partial charge in [0, 0.05) is 10.5 Å². The molecule has 2 unspecified atom stereocenters. The van der Waals surface area contributed by atoms with Gasteiger partial charge in [0.15, 0.2) is 6.61 Å². The summed E-state index contributed by atoms with van der Waals surface area (Å²) in [6.07, 6.45) is -1.25. The van der Waals surface area contributed by atoms with E-state index in [2.05, 4.69) is 22.6 Å². The first-order valence-electron chi connectivity index (χ1n) is 8.98. The Morgan fingerprint density at radius 2 is 1.73 bits per heavy atom. The average molecular weight is 559 g/mol. The summed E-state index contributed by atoms with van der Waals surface area (Å²) in [4.78, 5) is 34.9. The summed E-state index contributed by atoms with van der Waals surface area (Å²) in [5, 5.41) is 0. The normalized spacial score (nSPS) is 14.5. The number of nitrogens with zero attached hydrogens (tertiary/aromatic N) is 1. The molecule has 0 saturated heterocycles. The summed E-state index contributed by atoms with van der Waals surface area (Å²) < 4.78 is 38.3. The molecule has 12 heteroatoms. The van der Waals surface area contributed by atoms with Crippen LogP contribution in [0.5, 0.6) is 5.75 Å². The maximum atomic E-state index is 12.0. The van der Waals surface area contributed by atoms with Crippen LogP contribution in [0.15, 0.2) is 24.3 Å². The fourth-order valence-electron chi connectivity index (χ4n) is 1.86. The molecule has 0 radical (unpaired) electrons. The molecule has 0 spiro atoms. The molecule has 0 aliphatic rings. The number of rotatable bonds is 13. The van der Waals surface area contributed by atoms with Crippen molar-refractivity contribution in [3.8, 4) is 5.75 Å². The van der Waals surface area contributed by atoms with Crippen molar-refractivity contribution < 1.29 is 46.8 Å². The minimum absolute atomic E-state index is 0.0891. The van der Waals surface area contributed by atoms with E-state index in [1.165, 1.54) is 0 Å². The van der Waals surface area contributed by atoms with Gasteiger partial charge in [-0.25, -0.2) is 4.79 Å². The molecule has 0 amide bonds. The first-order valence-corrected chi connectivity index (χ1v) is 11.5. The highest BCUT2D eigenvalue weighted by molar-refractivity contribution is 14.1. The van der Waals surface area contributed by atoms with Gasteiger partial charge in [-0.2, -0.15) is 0 Å². The van der Waals surface area contributed by atoms with Crippen molar-refractivity contribution in [3.63, 3.8) is 0 Å². The fourth-order valence-corrected chi connectivity index (χ4v) is 3.07. The average Bonchev–Trinajstić information content (AvgIpc) is 2.62. The third-order valence-corrected chi connectivity index (χ3v) is 5.14. The second kappa shape index (κ2) is 12.6. The molecule has 10 nitrogen and oxygen atoms in total. The van der Waals surface area contributed by atoms with Crippen LogP contribution in [0.1, 0.15) is 6.92 Å². The summed E-state index contributed by atoms with van der Waals surface area (Å²) in [5.74, 6) is -0.893. The molecule has 0 bridgehead atoms. The van der Waals surface area contributed by atoms with Crippen LogP contribution in [0.3, 0.4) is 0 Å². The Morgan fingerprint density at radius 1 is 1.13 bits per heavy atom. The Morgan fingerprint density at radius 3 is 2.30 bits per heavy atom. The van der Waals surface area contributed by atoms with Crippen molar-refractivity contribution in [3.05, 3.63) is 27.8 Å². The summed E-state index contributed by atoms with van der Waals surface area (Å²) in [5.41, 5.74) is 0. The van der Waals surface area contributed by atoms with E-state index in [1.807, 2.05) is 33.3 Å². The van der Waals surface area contributed by atoms with Crippen LogP contribution < -0.4 is 9.63 Å². The standard InChI is InChI=1S/C18H27INO9P/c1-14(21)25-11-17(29-30(23,24)28-10-9-20(2,3)4)12-27-18(22)13-26-16-7-5-15(19)6-8-16/h5-8,17H,9-13H2,1-4H3. The number of benzene rings is 1. The predicted octanol–water partition coefficient (Wildman–Crippen LogP) is 1.35. The number of carbonyl (C=O) groups is 2. The van der Waals surface area contributed by atoms with E-state index in [4.69, 9.17) is 23.3 Å². The highest BCUT2D eigenvalue weighted by Gasteiger charge is 2.22. The third kappa shape index (κ3) is 13.1. The van der Waals surface area contributed by atoms with Gasteiger partial charge in [0.2, 0.25) is 0 Å². The summed E-state index contributed by atoms with van der Waals surface area (Å²) in [7, 11) is 0.931. The van der Waals surface area contributed by atoms with Crippen LogP contribution in [0.25, 0.3) is 0 Å². The smallest absolute Gasteiger partial charge is 0.344 e. The zero-order valence-corrected chi connectivity index (χ0v) is 20.4. The van der Waals surface area contributed by atoms with Gasteiger partial charge in [0.1, 0.15) is 38.2 Å². The molecular weight excluding hydrogens is 532 g/mol. The maximum Gasteiger partial charge on any atom is 0.344 e. The molecule has 0 aromatic heterocycles. The molecule has 170 valence electrons. The van der Waals surface area contributed by atoms with Crippen molar-refractivity contribution in [2.75, 3.05) is 54.1 Å². The lowest BCUT2D eigenvalue weighted by Crippen LogP contribution is -2.38. The summed E-state index contributed by atoms with van der Waals surface area (Å²) in [6, 6.07) is 7.02. The van der Waals surface area contributed by atoms with Crippen LogP contribution in [-0.4, -0.2) is 76.6 Å². The highest BCUT2D eigenvalue weighted by Crippen LogP contribution is 2.39. The molecule has 1 rings (SSSR count). The number of halogens is 1. The van der Waals surface area contributed by atoms with Gasteiger partial charge >= 0.3 is 11.9 Å². The van der Waals surface area contributed by atoms with Gasteiger partial charge in [0.25, 0.3) is 7.82 Å². The fraction of sp³-hybridized carbons (Fsp3) is 0.556. The summed E-state index contributed by atoms with van der Waals surface area (Å²) in [6.45, 7) is 0.226. The van der Waals surface area contributed by atoms with Crippen molar-refractivity contribution in [1.29, 1.82) is 0 Å². The topological polar surface area (TPSA) is 120 Å². The minimum Gasteiger partial charge on any atom is -0.756 e. The van der Waals surface area contributed by atoms with Crippen molar-refractivity contribution >= 4 is 42.4 Å². The number of likely N-dealkylation sites (N-methyl/N-ethyl adjacent to an activating group) is 1. The SMILES string of the molecule is CC(=O)OCC(COC(=O)COc1ccc(I)cc1)OP(=O)([O-])OCC[N+](C)(C)C. The molecule has 1 aromatic rings. The highest BCUT2D eigenvalue weighted by atomic mass is 127. The molecule has 0 aliphatic carbocycles. The van der Waals surface area contributed by atoms with Crippen LogP contribution in [0.4, 0.5) is 0 Å². The molecule has 2 atom stereocenters. The van der Waals surface area contributed by atoms with Crippen LogP contribution in [-0.2, 0) is 32.7 Å². The lowest BCUT2D eigenvalue weighted by Gasteiger charge is -2.29. The van der Waals surface area contributed by atoms with Gasteiger partial charge in [0.05, 0.1) is 21.1 Å². The van der Waals surface area contributed by atoms with Crippen molar-refractivity contribution in [2.45, 2.75) is 13.0 Å². The molecule has 0 fully saturated rings. The van der Waals surface area contributed by atoms with Gasteiger partial charge in [-0.3, -0.25) is 9.36 Å². The van der Waals surface area contributed by atoms with E-state index in [1.54, 1.807) is 12.1 Å². The number of ether oxygens (including phenoxy) is 3. The van der Waals surface area contributed by atoms with Crippen LogP contribution in [0, 0.1) is 3.57 Å². The Bertz CT molecular complexity index is 736. The molecule has 0 N–H and O–H groups in total. The zero-order chi connectivity index (χ0) is 22.8. The van der Waals surface area contributed by atoms with E-state index in [0.717, 1.165) is 10.5 Å². The largest absolute Gasteiger partial charge is 0.756 e. The zero-order valence-electron chi connectivity index (χ0n) is 17.4.